The summed E-state index contributed by atoms with van der Waals surface area (Å²) in [5.41, 5.74) is 2.38. The van der Waals surface area contributed by atoms with Gasteiger partial charge in [0.2, 0.25) is 0 Å². The van der Waals surface area contributed by atoms with Crippen molar-refractivity contribution in [3.8, 4) is 5.75 Å². The van der Waals surface area contributed by atoms with Crippen LogP contribution in [0.4, 0.5) is 5.69 Å². The highest BCUT2D eigenvalue weighted by molar-refractivity contribution is 5.96. The molecule has 0 unspecified atom stereocenters. The number of esters is 1. The van der Waals surface area contributed by atoms with Crippen molar-refractivity contribution in [1.29, 1.82) is 0 Å². The summed E-state index contributed by atoms with van der Waals surface area (Å²) in [4.78, 5) is 25.5. The average molecular weight is 409 g/mol. The number of rotatable bonds is 8. The van der Waals surface area contributed by atoms with E-state index in [1.807, 2.05) is 43.3 Å². The van der Waals surface area contributed by atoms with Crippen LogP contribution in [-0.4, -0.2) is 45.3 Å². The Bertz CT molecular complexity index is 992. The third kappa shape index (κ3) is 5.19. The van der Waals surface area contributed by atoms with E-state index in [1.54, 1.807) is 12.1 Å². The Balaban J connectivity index is 1.70. The molecular weight excluding hydrogens is 386 g/mol. The number of anilines is 1. The van der Waals surface area contributed by atoms with Crippen molar-refractivity contribution in [3.63, 3.8) is 0 Å². The highest BCUT2D eigenvalue weighted by atomic mass is 16.5. The van der Waals surface area contributed by atoms with Crippen molar-refractivity contribution >= 4 is 17.6 Å². The fourth-order valence-electron chi connectivity index (χ4n) is 2.89. The number of nitrogens with one attached hydrogen (secondary N) is 1. The third-order valence-corrected chi connectivity index (χ3v) is 4.50. The molecule has 1 N–H and O–H groups in total. The summed E-state index contributed by atoms with van der Waals surface area (Å²) in [6.45, 7) is 3.41. The summed E-state index contributed by atoms with van der Waals surface area (Å²) >= 11 is 0. The van der Waals surface area contributed by atoms with Crippen LogP contribution in [0.15, 0.2) is 54.9 Å². The van der Waals surface area contributed by atoms with Crippen molar-refractivity contribution in [1.82, 2.24) is 20.2 Å². The second kappa shape index (κ2) is 9.64. The number of hydrogen-bond donors (Lipinski definition) is 1. The second-order valence-electron chi connectivity index (χ2n) is 6.77. The smallest absolute Gasteiger partial charge is 0.332 e. The van der Waals surface area contributed by atoms with Crippen molar-refractivity contribution in [2.75, 3.05) is 12.4 Å². The highest BCUT2D eigenvalue weighted by Gasteiger charge is 2.28. The van der Waals surface area contributed by atoms with Gasteiger partial charge in [0.15, 0.2) is 12.1 Å². The molecule has 0 radical (unpaired) electrons. The second-order valence-corrected chi connectivity index (χ2v) is 6.77. The third-order valence-electron chi connectivity index (χ3n) is 4.50. The maximum absolute atomic E-state index is 12.8. The van der Waals surface area contributed by atoms with Gasteiger partial charge in [-0.05, 0) is 47.5 Å². The summed E-state index contributed by atoms with van der Waals surface area (Å²) in [6.07, 6.45) is 0.639. The van der Waals surface area contributed by atoms with E-state index in [0.717, 1.165) is 11.1 Å². The molecule has 3 aromatic rings. The minimum absolute atomic E-state index is 0.324. The lowest BCUT2D eigenvalue weighted by atomic mass is 10.1. The van der Waals surface area contributed by atoms with Gasteiger partial charge in [0.05, 0.1) is 12.8 Å². The van der Waals surface area contributed by atoms with Crippen LogP contribution in [0.2, 0.25) is 0 Å². The van der Waals surface area contributed by atoms with Crippen LogP contribution in [0.25, 0.3) is 0 Å². The van der Waals surface area contributed by atoms with E-state index in [2.05, 4.69) is 20.8 Å². The fraction of sp³-hybridized carbons (Fsp3) is 0.286. The summed E-state index contributed by atoms with van der Waals surface area (Å²) < 4.78 is 12.0. The molecule has 0 aliphatic rings. The normalized spacial score (nSPS) is 12.6. The number of tetrazole rings is 1. The summed E-state index contributed by atoms with van der Waals surface area (Å²) in [6, 6.07) is 14.0. The molecule has 0 aliphatic carbocycles. The van der Waals surface area contributed by atoms with Gasteiger partial charge in [0, 0.05) is 6.42 Å². The molecule has 1 aromatic heterocycles. The number of ether oxygens (including phenoxy) is 2. The average Bonchev–Trinajstić information content (AvgIpc) is 3.27. The molecule has 9 heteroatoms. The molecule has 156 valence electrons. The Hall–Kier alpha value is -3.75. The van der Waals surface area contributed by atoms with Crippen LogP contribution in [0.3, 0.4) is 0 Å². The first kappa shape index (κ1) is 21.0. The van der Waals surface area contributed by atoms with Crippen molar-refractivity contribution < 1.29 is 19.1 Å². The first-order valence-electron chi connectivity index (χ1n) is 9.40. The number of methoxy groups -OCH3 is 1. The maximum Gasteiger partial charge on any atom is 0.332 e. The summed E-state index contributed by atoms with van der Waals surface area (Å²) in [5, 5.41) is 13.8. The van der Waals surface area contributed by atoms with Gasteiger partial charge in [0.25, 0.3) is 5.91 Å². The van der Waals surface area contributed by atoms with E-state index in [-0.39, 0.29) is 0 Å². The van der Waals surface area contributed by atoms with Crippen LogP contribution in [0.1, 0.15) is 24.1 Å². The molecule has 0 aliphatic heterocycles. The van der Waals surface area contributed by atoms with Gasteiger partial charge in [-0.25, -0.2) is 9.48 Å². The number of nitrogens with zero attached hydrogens (tertiary/aromatic N) is 4. The van der Waals surface area contributed by atoms with E-state index < -0.39 is 24.0 Å². The molecule has 0 spiro atoms. The number of carbonyl (C=O) groups is 2. The topological polar surface area (TPSA) is 108 Å². The monoisotopic (exact) mass is 409 g/mol. The minimum atomic E-state index is -1.03. The molecule has 1 heterocycles. The fourth-order valence-corrected chi connectivity index (χ4v) is 2.89. The maximum atomic E-state index is 12.8. The quantitative estimate of drug-likeness (QED) is 0.569. The van der Waals surface area contributed by atoms with Crippen LogP contribution >= 0.6 is 0 Å². The number of aryl methyl sites for hydroxylation is 1. The molecule has 9 nitrogen and oxygen atoms in total. The first-order valence-corrected chi connectivity index (χ1v) is 9.40. The van der Waals surface area contributed by atoms with Crippen LogP contribution in [0.5, 0.6) is 5.75 Å². The van der Waals surface area contributed by atoms with Crippen molar-refractivity contribution in [3.05, 3.63) is 66.0 Å². The lowest BCUT2D eigenvalue weighted by Gasteiger charge is -2.19. The molecule has 0 saturated heterocycles. The molecule has 2 atom stereocenters. The molecule has 0 fully saturated rings. The van der Waals surface area contributed by atoms with Crippen molar-refractivity contribution in [2.45, 2.75) is 32.4 Å². The molecule has 0 bridgehead atoms. The highest BCUT2D eigenvalue weighted by Crippen LogP contribution is 2.25. The molecule has 0 saturated carbocycles. The van der Waals surface area contributed by atoms with Gasteiger partial charge < -0.3 is 14.8 Å². The Morgan fingerprint density at radius 3 is 2.60 bits per heavy atom. The van der Waals surface area contributed by atoms with E-state index in [9.17, 15) is 9.59 Å². The Kier molecular flexibility index (Phi) is 6.74. The van der Waals surface area contributed by atoms with E-state index in [4.69, 9.17) is 9.47 Å². The minimum Gasteiger partial charge on any atom is -0.495 e. The van der Waals surface area contributed by atoms with Crippen molar-refractivity contribution in [2.24, 2.45) is 0 Å². The molecule has 1 amide bonds. The van der Waals surface area contributed by atoms with E-state index in [0.29, 0.717) is 17.9 Å². The van der Waals surface area contributed by atoms with Gasteiger partial charge in [-0.15, -0.1) is 5.10 Å². The number of benzene rings is 2. The zero-order valence-corrected chi connectivity index (χ0v) is 17.0. The summed E-state index contributed by atoms with van der Waals surface area (Å²) in [7, 11) is 1.52. The standard InChI is InChI=1S/C21H23N5O4/c1-14-9-10-19(29-3)17(11-14)23-20(27)15(2)30-21(28)18(26-13-22-24-25-26)12-16-7-5-4-6-8-16/h4-11,13,15,18H,12H2,1-3H3,(H,23,27)/t15-,18-/m0/s1. The summed E-state index contributed by atoms with van der Waals surface area (Å²) in [5.74, 6) is -0.560. The molecule has 30 heavy (non-hydrogen) atoms. The van der Waals surface area contributed by atoms with Gasteiger partial charge in [0.1, 0.15) is 12.1 Å². The largest absolute Gasteiger partial charge is 0.495 e. The predicted molar refractivity (Wildman–Crippen MR) is 109 cm³/mol. The van der Waals surface area contributed by atoms with Gasteiger partial charge >= 0.3 is 5.97 Å². The van der Waals surface area contributed by atoms with Gasteiger partial charge in [-0.2, -0.15) is 0 Å². The SMILES string of the molecule is COc1ccc(C)cc1NC(=O)[C@H](C)OC(=O)[C@H](Cc1ccccc1)n1cnnn1. The van der Waals surface area contributed by atoms with Crippen LogP contribution in [0, 0.1) is 6.92 Å². The molecule has 2 aromatic carbocycles. The van der Waals surface area contributed by atoms with Gasteiger partial charge in [-0.3, -0.25) is 4.79 Å². The van der Waals surface area contributed by atoms with E-state index >= 15 is 0 Å². The zero-order chi connectivity index (χ0) is 21.5. The van der Waals surface area contributed by atoms with E-state index in [1.165, 1.54) is 25.0 Å². The zero-order valence-electron chi connectivity index (χ0n) is 17.0. The predicted octanol–water partition coefficient (Wildman–Crippen LogP) is 2.34. The van der Waals surface area contributed by atoms with Gasteiger partial charge in [-0.1, -0.05) is 36.4 Å². The molecular formula is C21H23N5O4. The molecule has 3 rings (SSSR count). The number of aromatic nitrogens is 4. The number of hydrogen-bond acceptors (Lipinski definition) is 7. The first-order chi connectivity index (χ1) is 14.5. The Morgan fingerprint density at radius 2 is 1.93 bits per heavy atom. The number of carbonyl (C=O) groups excluding carboxylic acids is 2. The lowest BCUT2D eigenvalue weighted by molar-refractivity contribution is -0.156. The lowest BCUT2D eigenvalue weighted by Crippen LogP contribution is -2.34. The van der Waals surface area contributed by atoms with Crippen LogP contribution in [-0.2, 0) is 20.7 Å². The Labute approximate surface area is 174 Å². The van der Waals surface area contributed by atoms with Crippen LogP contribution < -0.4 is 10.1 Å². The Morgan fingerprint density at radius 1 is 1.17 bits per heavy atom. The number of amides is 1.